The van der Waals surface area contributed by atoms with Gasteiger partial charge in [0.25, 0.3) is 0 Å². The van der Waals surface area contributed by atoms with Gasteiger partial charge in [0.15, 0.2) is 5.78 Å². The lowest BCUT2D eigenvalue weighted by atomic mass is 10.1. The molecule has 1 aromatic heterocycles. The van der Waals surface area contributed by atoms with Gasteiger partial charge in [-0.2, -0.15) is 9.90 Å². The highest BCUT2D eigenvalue weighted by Crippen LogP contribution is 2.10. The maximum Gasteiger partial charge on any atom is 0.189 e. The summed E-state index contributed by atoms with van der Waals surface area (Å²) in [5.41, 5.74) is 2.21. The second-order valence-electron chi connectivity index (χ2n) is 4.58. The Hall–Kier alpha value is -2.02. The van der Waals surface area contributed by atoms with E-state index >= 15 is 0 Å². The van der Waals surface area contributed by atoms with Crippen molar-refractivity contribution < 1.29 is 4.79 Å². The van der Waals surface area contributed by atoms with Crippen LogP contribution in [0.1, 0.15) is 16.1 Å². The molecule has 0 fully saturated rings. The van der Waals surface area contributed by atoms with Crippen LogP contribution in [0.3, 0.4) is 0 Å². The summed E-state index contributed by atoms with van der Waals surface area (Å²) in [6, 6.07) is 17.4. The fourth-order valence-corrected chi connectivity index (χ4v) is 2.31. The Morgan fingerprint density at radius 3 is 2.48 bits per heavy atom. The molecule has 4 nitrogen and oxygen atoms in total. The van der Waals surface area contributed by atoms with Gasteiger partial charge in [-0.25, -0.2) is 0 Å². The first-order chi connectivity index (χ1) is 10.2. The van der Waals surface area contributed by atoms with E-state index in [2.05, 4.69) is 32.8 Å². The molecule has 3 aromatic rings. The Kier molecular flexibility index (Phi) is 4.10. The summed E-state index contributed by atoms with van der Waals surface area (Å²) >= 11 is 2.24. The third-order valence-corrected chi connectivity index (χ3v) is 3.76. The maximum atomic E-state index is 12.2. The monoisotopic (exact) mass is 389 g/mol. The van der Waals surface area contributed by atoms with Crippen LogP contribution < -0.4 is 0 Å². The van der Waals surface area contributed by atoms with Crippen molar-refractivity contribution in [2.75, 3.05) is 0 Å². The smallest absolute Gasteiger partial charge is 0.189 e. The van der Waals surface area contributed by atoms with Gasteiger partial charge < -0.3 is 0 Å². The number of rotatable bonds is 4. The number of ketones is 1. The summed E-state index contributed by atoms with van der Waals surface area (Å²) in [7, 11) is 0. The molecule has 0 unspecified atom stereocenters. The summed E-state index contributed by atoms with van der Waals surface area (Å²) in [5, 5.41) is 8.40. The molecule has 104 valence electrons. The maximum absolute atomic E-state index is 12.2. The third kappa shape index (κ3) is 3.36. The van der Waals surface area contributed by atoms with Crippen LogP contribution >= 0.6 is 22.6 Å². The van der Waals surface area contributed by atoms with Gasteiger partial charge in [0, 0.05) is 9.99 Å². The Morgan fingerprint density at radius 1 is 1.05 bits per heavy atom. The van der Waals surface area contributed by atoms with Crippen LogP contribution in [0.2, 0.25) is 0 Å². The van der Waals surface area contributed by atoms with Gasteiger partial charge in [-0.05, 0) is 52.4 Å². The minimum absolute atomic E-state index is 0.0293. The highest BCUT2D eigenvalue weighted by molar-refractivity contribution is 14.1. The molecule has 0 aliphatic carbocycles. The molecule has 0 radical (unpaired) electrons. The van der Waals surface area contributed by atoms with E-state index in [1.165, 1.54) is 11.0 Å². The fourth-order valence-electron chi connectivity index (χ4n) is 1.95. The normalized spacial score (nSPS) is 10.5. The lowest BCUT2D eigenvalue weighted by molar-refractivity contribution is 0.0988. The number of para-hydroxylation sites is 1. The van der Waals surface area contributed by atoms with E-state index in [0.717, 1.165) is 14.8 Å². The van der Waals surface area contributed by atoms with Gasteiger partial charge in [-0.3, -0.25) is 4.79 Å². The number of hydrogen-bond donors (Lipinski definition) is 0. The fraction of sp³-hybridized carbons (Fsp3) is 0.0625. The van der Waals surface area contributed by atoms with Gasteiger partial charge in [-0.15, -0.1) is 5.10 Å². The van der Waals surface area contributed by atoms with Crippen molar-refractivity contribution in [2.45, 2.75) is 6.42 Å². The third-order valence-electron chi connectivity index (χ3n) is 3.04. The molecule has 0 saturated heterocycles. The SMILES string of the molecule is O=C(Cc1ccc(I)cc1)c1cnn(-c2ccccc2)n1. The summed E-state index contributed by atoms with van der Waals surface area (Å²) < 4.78 is 1.15. The zero-order valence-corrected chi connectivity index (χ0v) is 13.3. The molecule has 1 heterocycles. The first-order valence-corrected chi connectivity index (χ1v) is 7.56. The lowest BCUT2D eigenvalue weighted by Crippen LogP contribution is -2.06. The number of aromatic nitrogens is 3. The summed E-state index contributed by atoms with van der Waals surface area (Å²) in [6.07, 6.45) is 1.85. The van der Waals surface area contributed by atoms with Crippen LogP contribution in [0, 0.1) is 3.57 Å². The minimum Gasteiger partial charge on any atom is -0.292 e. The minimum atomic E-state index is -0.0293. The van der Waals surface area contributed by atoms with Crippen molar-refractivity contribution in [1.29, 1.82) is 0 Å². The molecular weight excluding hydrogens is 377 g/mol. The van der Waals surface area contributed by atoms with Crippen LogP contribution in [-0.2, 0) is 6.42 Å². The lowest BCUT2D eigenvalue weighted by Gasteiger charge is -1.99. The number of hydrogen-bond acceptors (Lipinski definition) is 3. The molecule has 0 aliphatic rings. The molecule has 0 atom stereocenters. The van der Waals surface area contributed by atoms with Crippen molar-refractivity contribution in [3.63, 3.8) is 0 Å². The predicted octanol–water partition coefficient (Wildman–Crippen LogP) is 3.30. The molecule has 0 bridgehead atoms. The van der Waals surface area contributed by atoms with Crippen molar-refractivity contribution in [2.24, 2.45) is 0 Å². The molecule has 0 aliphatic heterocycles. The van der Waals surface area contributed by atoms with Gasteiger partial charge in [0.05, 0.1) is 11.9 Å². The van der Waals surface area contributed by atoms with Crippen molar-refractivity contribution in [3.8, 4) is 5.69 Å². The highest BCUT2D eigenvalue weighted by atomic mass is 127. The Balaban J connectivity index is 1.77. The average molecular weight is 389 g/mol. The van der Waals surface area contributed by atoms with Gasteiger partial charge in [0.1, 0.15) is 5.69 Å². The number of carbonyl (C=O) groups is 1. The number of benzene rings is 2. The number of halogens is 1. The molecular formula is C16H12IN3O. The second kappa shape index (κ2) is 6.17. The first-order valence-electron chi connectivity index (χ1n) is 6.48. The molecule has 5 heteroatoms. The summed E-state index contributed by atoms with van der Waals surface area (Å²) in [5.74, 6) is -0.0293. The Morgan fingerprint density at radius 2 is 1.76 bits per heavy atom. The van der Waals surface area contributed by atoms with E-state index < -0.39 is 0 Å². The topological polar surface area (TPSA) is 47.8 Å². The molecule has 2 aromatic carbocycles. The molecule has 0 amide bonds. The van der Waals surface area contributed by atoms with E-state index in [0.29, 0.717) is 12.1 Å². The second-order valence-corrected chi connectivity index (χ2v) is 5.83. The van der Waals surface area contributed by atoms with Gasteiger partial charge >= 0.3 is 0 Å². The zero-order chi connectivity index (χ0) is 14.7. The summed E-state index contributed by atoms with van der Waals surface area (Å²) in [6.45, 7) is 0. The molecule has 0 N–H and O–H groups in total. The first kappa shape index (κ1) is 13.9. The van der Waals surface area contributed by atoms with Crippen LogP contribution in [0.5, 0.6) is 0 Å². The predicted molar refractivity (Wildman–Crippen MR) is 88.6 cm³/mol. The van der Waals surface area contributed by atoms with Crippen molar-refractivity contribution >= 4 is 28.4 Å². The Labute approximate surface area is 135 Å². The van der Waals surface area contributed by atoms with Crippen molar-refractivity contribution in [3.05, 3.63) is 75.6 Å². The molecule has 3 rings (SSSR count). The van der Waals surface area contributed by atoms with Crippen LogP contribution in [0.25, 0.3) is 5.69 Å². The summed E-state index contributed by atoms with van der Waals surface area (Å²) in [4.78, 5) is 13.7. The quantitative estimate of drug-likeness (QED) is 0.508. The van der Waals surface area contributed by atoms with Crippen molar-refractivity contribution in [1.82, 2.24) is 15.0 Å². The molecule has 0 spiro atoms. The van der Waals surface area contributed by atoms with Crippen LogP contribution in [-0.4, -0.2) is 20.8 Å². The van der Waals surface area contributed by atoms with E-state index in [9.17, 15) is 4.79 Å². The zero-order valence-electron chi connectivity index (χ0n) is 11.1. The van der Waals surface area contributed by atoms with E-state index in [1.54, 1.807) is 0 Å². The number of carbonyl (C=O) groups excluding carboxylic acids is 1. The standard InChI is InChI=1S/C16H12IN3O/c17-13-8-6-12(7-9-13)10-16(21)15-11-18-20(19-15)14-4-2-1-3-5-14/h1-9,11H,10H2. The van der Waals surface area contributed by atoms with E-state index in [4.69, 9.17) is 0 Å². The molecule has 21 heavy (non-hydrogen) atoms. The number of nitrogens with zero attached hydrogens (tertiary/aromatic N) is 3. The molecule has 0 saturated carbocycles. The Bertz CT molecular complexity index is 751. The van der Waals surface area contributed by atoms with E-state index in [-0.39, 0.29) is 5.78 Å². The van der Waals surface area contributed by atoms with E-state index in [1.807, 2.05) is 54.6 Å². The van der Waals surface area contributed by atoms with Gasteiger partial charge in [-0.1, -0.05) is 30.3 Å². The highest BCUT2D eigenvalue weighted by Gasteiger charge is 2.12. The van der Waals surface area contributed by atoms with Crippen LogP contribution in [0.4, 0.5) is 0 Å². The average Bonchev–Trinajstić information content (AvgIpc) is 3.00. The van der Waals surface area contributed by atoms with Crippen LogP contribution in [0.15, 0.2) is 60.8 Å². The number of Topliss-reactive ketones (excluding diaryl/α,β-unsaturated/α-hetero) is 1. The van der Waals surface area contributed by atoms with Gasteiger partial charge in [0.2, 0.25) is 0 Å². The largest absolute Gasteiger partial charge is 0.292 e.